The van der Waals surface area contributed by atoms with Crippen LogP contribution >= 0.6 is 0 Å². The number of likely N-dealkylation sites (N-methyl/N-ethyl adjacent to an activating group) is 1. The highest BCUT2D eigenvalue weighted by Gasteiger charge is 2.66. The Hall–Kier alpha value is -4.51. The molecule has 4 aromatic carbocycles. The Morgan fingerprint density at radius 2 is 1.76 bits per heavy atom. The molecule has 0 radical (unpaired) electrons. The van der Waals surface area contributed by atoms with Crippen LogP contribution in [0.3, 0.4) is 0 Å². The number of benzene rings is 4. The van der Waals surface area contributed by atoms with E-state index in [-0.39, 0.29) is 48.3 Å². The summed E-state index contributed by atoms with van der Waals surface area (Å²) in [5, 5.41) is 13.1. The van der Waals surface area contributed by atoms with Crippen LogP contribution in [-0.2, 0) is 19.9 Å². The van der Waals surface area contributed by atoms with Gasteiger partial charge in [-0.25, -0.2) is 0 Å². The molecular weight excluding hydrogens is 647 g/mol. The number of methoxy groups -OCH3 is 1. The third-order valence-corrected chi connectivity index (χ3v) is 16.4. The van der Waals surface area contributed by atoms with Crippen molar-refractivity contribution >= 4 is 58.8 Å². The fraction of sp³-hybridized carbons (Fsp3) is 0.375. The Kier molecular flexibility index (Phi) is 7.70. The Labute approximate surface area is 293 Å². The molecule has 4 heterocycles. The van der Waals surface area contributed by atoms with Crippen molar-refractivity contribution < 1.29 is 29.0 Å². The number of hydrogen-bond donors (Lipinski definition) is 1. The molecule has 0 aliphatic carbocycles. The van der Waals surface area contributed by atoms with Crippen molar-refractivity contribution in [1.82, 2.24) is 4.90 Å². The first-order valence-corrected chi connectivity index (χ1v) is 20.6. The van der Waals surface area contributed by atoms with Crippen LogP contribution in [0.25, 0.3) is 10.8 Å². The number of rotatable bonds is 7. The maximum Gasteiger partial charge on any atom is 0.264 e. The fourth-order valence-electron chi connectivity index (χ4n) is 9.56. The van der Waals surface area contributed by atoms with Crippen LogP contribution in [-0.4, -0.2) is 75.3 Å². The van der Waals surface area contributed by atoms with Crippen LogP contribution in [0.1, 0.15) is 42.1 Å². The van der Waals surface area contributed by atoms with Crippen LogP contribution in [0.4, 0.5) is 17.1 Å². The van der Waals surface area contributed by atoms with Crippen molar-refractivity contribution in [2.75, 3.05) is 37.1 Å². The van der Waals surface area contributed by atoms with Crippen LogP contribution in [0.15, 0.2) is 78.9 Å². The third-order valence-electron chi connectivity index (χ3n) is 12.0. The Morgan fingerprint density at radius 1 is 1.02 bits per heavy atom. The number of ether oxygens (including phenoxy) is 2. The molecule has 0 aromatic heterocycles. The van der Waals surface area contributed by atoms with Crippen LogP contribution < -0.4 is 19.7 Å². The van der Waals surface area contributed by atoms with Gasteiger partial charge in [-0.1, -0.05) is 61.6 Å². The second-order valence-corrected chi connectivity index (χ2v) is 19.5. The number of fused-ring (bicyclic) bond motifs is 2. The van der Waals surface area contributed by atoms with Crippen molar-refractivity contribution in [2.45, 2.75) is 62.6 Å². The lowest BCUT2D eigenvalue weighted by Gasteiger charge is -2.37. The van der Waals surface area contributed by atoms with Gasteiger partial charge in [-0.3, -0.25) is 19.3 Å². The number of likely N-dealkylation sites (tertiary alicyclic amines) is 1. The quantitative estimate of drug-likeness (QED) is 0.250. The summed E-state index contributed by atoms with van der Waals surface area (Å²) in [4.78, 5) is 47.9. The average molecular weight is 690 g/mol. The first-order chi connectivity index (χ1) is 24.0. The molecule has 10 heteroatoms. The number of aliphatic hydroxyl groups is 1. The molecule has 4 aliphatic rings. The first kappa shape index (κ1) is 32.7. The van der Waals surface area contributed by atoms with Gasteiger partial charge in [-0.2, -0.15) is 0 Å². The third kappa shape index (κ3) is 4.54. The number of carbonyl (C=O) groups excluding carboxylic acids is 3. The van der Waals surface area contributed by atoms with Gasteiger partial charge in [0.25, 0.3) is 11.8 Å². The van der Waals surface area contributed by atoms with Gasteiger partial charge < -0.3 is 24.4 Å². The van der Waals surface area contributed by atoms with Gasteiger partial charge in [0.15, 0.2) is 5.60 Å². The zero-order valence-corrected chi connectivity index (χ0v) is 30.2. The van der Waals surface area contributed by atoms with E-state index >= 15 is 0 Å². The monoisotopic (exact) mass is 689 g/mol. The smallest absolute Gasteiger partial charge is 0.264 e. The van der Waals surface area contributed by atoms with E-state index in [1.54, 1.807) is 28.9 Å². The summed E-state index contributed by atoms with van der Waals surface area (Å²) in [7, 11) is 0.958. The number of amides is 3. The van der Waals surface area contributed by atoms with E-state index in [9.17, 15) is 19.5 Å². The Bertz CT molecular complexity index is 2040. The topological polar surface area (TPSA) is 99.6 Å². The molecule has 1 spiro atoms. The van der Waals surface area contributed by atoms with Gasteiger partial charge in [0, 0.05) is 36.1 Å². The molecule has 0 bridgehead atoms. The van der Waals surface area contributed by atoms with Crippen molar-refractivity contribution in [1.29, 1.82) is 0 Å². The molecule has 0 saturated carbocycles. The van der Waals surface area contributed by atoms with Crippen LogP contribution in [0.5, 0.6) is 5.75 Å². The maximum absolute atomic E-state index is 14.7. The van der Waals surface area contributed by atoms with E-state index in [1.165, 1.54) is 5.19 Å². The molecule has 2 saturated heterocycles. The Morgan fingerprint density at radius 3 is 2.48 bits per heavy atom. The highest BCUT2D eigenvalue weighted by atomic mass is 28.3. The molecule has 1 N–H and O–H groups in total. The molecule has 0 unspecified atom stereocenters. The minimum Gasteiger partial charge on any atom is -0.497 e. The molecule has 258 valence electrons. The second-order valence-electron chi connectivity index (χ2n) is 14.8. The number of nitrogens with zero attached hydrogens (tertiary/aromatic N) is 3. The summed E-state index contributed by atoms with van der Waals surface area (Å²) >= 11 is 0. The zero-order chi connectivity index (χ0) is 35.1. The predicted octanol–water partition coefficient (Wildman–Crippen LogP) is 5.71. The summed E-state index contributed by atoms with van der Waals surface area (Å²) in [5.74, 6) is 0.149. The fourth-order valence-corrected chi connectivity index (χ4v) is 13.6. The minimum absolute atomic E-state index is 0.0540. The maximum atomic E-state index is 14.7. The zero-order valence-electron chi connectivity index (χ0n) is 29.2. The lowest BCUT2D eigenvalue weighted by molar-refractivity contribution is -0.149. The van der Waals surface area contributed by atoms with Gasteiger partial charge in [0.05, 0.1) is 57.3 Å². The van der Waals surface area contributed by atoms with E-state index in [0.717, 1.165) is 46.3 Å². The Balaban J connectivity index is 1.24. The minimum atomic E-state index is -2.47. The molecule has 4 aromatic rings. The second kappa shape index (κ2) is 11.8. The summed E-state index contributed by atoms with van der Waals surface area (Å²) < 4.78 is 12.6. The lowest BCUT2D eigenvalue weighted by atomic mass is 9.82. The lowest BCUT2D eigenvalue weighted by Crippen LogP contribution is -2.52. The molecule has 50 heavy (non-hydrogen) atoms. The van der Waals surface area contributed by atoms with E-state index in [1.807, 2.05) is 66.7 Å². The predicted molar refractivity (Wildman–Crippen MR) is 196 cm³/mol. The van der Waals surface area contributed by atoms with E-state index < -0.39 is 19.8 Å². The van der Waals surface area contributed by atoms with Gasteiger partial charge in [0.1, 0.15) is 5.75 Å². The van der Waals surface area contributed by atoms with Gasteiger partial charge >= 0.3 is 0 Å². The van der Waals surface area contributed by atoms with E-state index in [0.29, 0.717) is 17.8 Å². The van der Waals surface area contributed by atoms with Crippen molar-refractivity contribution in [2.24, 2.45) is 5.92 Å². The molecule has 8 rings (SSSR count). The van der Waals surface area contributed by atoms with E-state index in [4.69, 9.17) is 9.47 Å². The highest BCUT2D eigenvalue weighted by Crippen LogP contribution is 2.60. The van der Waals surface area contributed by atoms with Crippen LogP contribution in [0, 0.1) is 5.92 Å². The molecule has 3 amide bonds. The molecule has 2 fully saturated rings. The number of aliphatic hydroxyl groups excluding tert-OH is 1. The van der Waals surface area contributed by atoms with Gasteiger partial charge in [-0.05, 0) is 66.2 Å². The molecule has 9 nitrogen and oxygen atoms in total. The number of hydrogen-bond acceptors (Lipinski definition) is 6. The SMILES string of the molecule is COc1ccc([Si](C)(C)[C@H]2[C@H](CC(=O)N3CCC[C@H]3CO)O[C@@]3(C(=O)N(C)c4ccc(N5C(=O)c6cccc7cccc5c67)cc43)[C@@H]2C)cc1. The summed E-state index contributed by atoms with van der Waals surface area (Å²) in [6, 6.07) is 25.5. The highest BCUT2D eigenvalue weighted by molar-refractivity contribution is 6.91. The van der Waals surface area contributed by atoms with Gasteiger partial charge in [0.2, 0.25) is 5.91 Å². The van der Waals surface area contributed by atoms with Crippen molar-refractivity contribution in [3.63, 3.8) is 0 Å². The molecule has 4 aliphatic heterocycles. The first-order valence-electron chi connectivity index (χ1n) is 17.5. The number of carbonyl (C=O) groups is 3. The normalized spacial score (nSPS) is 25.8. The summed E-state index contributed by atoms with van der Waals surface area (Å²) in [6.07, 6.45) is 1.20. The van der Waals surface area contributed by atoms with Crippen LogP contribution in [0.2, 0.25) is 18.6 Å². The average Bonchev–Trinajstić information content (AvgIpc) is 3.85. The standard InChI is InChI=1S/C40H43N3O6Si/c1-24-37(50(4,5)29-17-15-28(48-3)16-18-29)34(22-35(45)42-20-8-11-27(42)23-44)49-40(24)31-21-26(14-19-32(31)41(2)39(40)47)43-33-13-7-10-25-9-6-12-30(36(25)33)38(43)46/h6-7,9-10,12-19,21,24,27,34,37,44H,8,11,20,22-23H2,1-5H3/t24-,27+,34+,37-,40+/m1/s1. The molecule has 5 atom stereocenters. The summed E-state index contributed by atoms with van der Waals surface area (Å²) in [6.45, 7) is 7.23. The molecular formula is C40H43N3O6Si. The van der Waals surface area contributed by atoms with Crippen molar-refractivity contribution in [3.05, 3.63) is 90.0 Å². The number of anilines is 3. The largest absolute Gasteiger partial charge is 0.497 e. The van der Waals surface area contributed by atoms with E-state index in [2.05, 4.69) is 32.2 Å². The van der Waals surface area contributed by atoms with Gasteiger partial charge in [-0.15, -0.1) is 0 Å². The summed E-state index contributed by atoms with van der Waals surface area (Å²) in [5.41, 5.74) is 2.13. The van der Waals surface area contributed by atoms with Crippen molar-refractivity contribution in [3.8, 4) is 5.75 Å².